The predicted octanol–water partition coefficient (Wildman–Crippen LogP) is 3.23. The Kier molecular flexibility index (Phi) is 7.79. The molecule has 3 heterocycles. The molecule has 1 aliphatic heterocycles. The Hall–Kier alpha value is -3.55. The molecule has 1 unspecified atom stereocenters. The molecule has 1 aromatic carbocycles. The van der Waals surface area contributed by atoms with E-state index in [0.29, 0.717) is 31.6 Å². The Labute approximate surface area is 195 Å². The second-order valence-corrected chi connectivity index (χ2v) is 8.06. The third-order valence-corrected chi connectivity index (χ3v) is 5.57. The summed E-state index contributed by atoms with van der Waals surface area (Å²) in [4.78, 5) is 11.6. The van der Waals surface area contributed by atoms with Gasteiger partial charge in [0.1, 0.15) is 19.0 Å². The normalized spacial score (nSPS) is 16.1. The zero-order valence-electron chi connectivity index (χ0n) is 19.4. The van der Waals surface area contributed by atoms with Crippen LogP contribution in [0.2, 0.25) is 0 Å². The van der Waals surface area contributed by atoms with Gasteiger partial charge < -0.3 is 19.7 Å². The van der Waals surface area contributed by atoms with Crippen molar-refractivity contribution in [1.29, 1.82) is 0 Å². The van der Waals surface area contributed by atoms with Gasteiger partial charge in [0.25, 0.3) is 0 Å². The van der Waals surface area contributed by atoms with Crippen LogP contribution in [0.4, 0.5) is 0 Å². The van der Waals surface area contributed by atoms with Crippen LogP contribution in [0.5, 0.6) is 11.6 Å². The maximum atomic E-state index is 5.68. The van der Waals surface area contributed by atoms with Crippen molar-refractivity contribution in [3.05, 3.63) is 72.2 Å². The van der Waals surface area contributed by atoms with E-state index in [1.54, 1.807) is 0 Å². The van der Waals surface area contributed by atoms with E-state index in [1.165, 1.54) is 5.56 Å². The van der Waals surface area contributed by atoms with E-state index >= 15 is 0 Å². The Bertz CT molecular complexity index is 1020. The van der Waals surface area contributed by atoms with Gasteiger partial charge in [-0.05, 0) is 36.6 Å². The summed E-state index contributed by atoms with van der Waals surface area (Å²) < 4.78 is 13.2. The first kappa shape index (κ1) is 22.6. The zero-order valence-corrected chi connectivity index (χ0v) is 19.4. The number of benzene rings is 1. The summed E-state index contributed by atoms with van der Waals surface area (Å²) in [5, 5.41) is 7.74. The summed E-state index contributed by atoms with van der Waals surface area (Å²) in [6.45, 7) is 6.36. The van der Waals surface area contributed by atoms with Crippen LogP contribution < -0.4 is 14.8 Å². The first-order chi connectivity index (χ1) is 16.2. The lowest BCUT2D eigenvalue weighted by Crippen LogP contribution is -2.40. The molecule has 174 valence electrons. The number of hydrogen-bond donors (Lipinski definition) is 1. The van der Waals surface area contributed by atoms with E-state index in [-0.39, 0.29) is 0 Å². The van der Waals surface area contributed by atoms with Gasteiger partial charge in [-0.2, -0.15) is 5.10 Å². The quantitative estimate of drug-likeness (QED) is 0.308. The number of nitrogens with one attached hydrogen (secondary N) is 1. The number of hydrogen-bond acceptors (Lipinski definition) is 5. The van der Waals surface area contributed by atoms with E-state index in [9.17, 15) is 0 Å². The molecule has 0 saturated carbocycles. The molecule has 0 spiro atoms. The van der Waals surface area contributed by atoms with E-state index in [4.69, 9.17) is 14.5 Å². The fraction of sp³-hybridized carbons (Fsp3) is 0.400. The molecule has 8 heteroatoms. The Morgan fingerprint density at radius 3 is 2.70 bits per heavy atom. The molecule has 1 fully saturated rings. The topological polar surface area (TPSA) is 76.8 Å². The smallest absolute Gasteiger partial charge is 0.213 e. The minimum absolute atomic E-state index is 0.441. The van der Waals surface area contributed by atoms with Crippen molar-refractivity contribution in [3.8, 4) is 11.6 Å². The molecular weight excluding hydrogens is 416 g/mol. The molecule has 4 rings (SSSR count). The van der Waals surface area contributed by atoms with Crippen molar-refractivity contribution < 1.29 is 9.47 Å². The van der Waals surface area contributed by atoms with Crippen LogP contribution in [0, 0.1) is 0 Å². The third-order valence-electron chi connectivity index (χ3n) is 5.57. The summed E-state index contributed by atoms with van der Waals surface area (Å²) >= 11 is 0. The van der Waals surface area contributed by atoms with Crippen LogP contribution >= 0.6 is 0 Å². The van der Waals surface area contributed by atoms with Gasteiger partial charge in [-0.1, -0.05) is 24.3 Å². The van der Waals surface area contributed by atoms with E-state index in [2.05, 4.69) is 33.4 Å². The molecule has 1 N–H and O–H groups in total. The Morgan fingerprint density at radius 1 is 1.12 bits per heavy atom. The number of para-hydroxylation sites is 1. The van der Waals surface area contributed by atoms with Gasteiger partial charge in [-0.25, -0.2) is 9.98 Å². The SMILES string of the molecule is CCNC(=NCc1ccc(OCCOc2ccccc2)nc1)N1CCC(c2cnn(C)c2)C1. The molecule has 0 aliphatic carbocycles. The van der Waals surface area contributed by atoms with E-state index in [1.807, 2.05) is 66.6 Å². The summed E-state index contributed by atoms with van der Waals surface area (Å²) in [5.41, 5.74) is 2.34. The average molecular weight is 449 g/mol. The molecular formula is C25H32N6O2. The standard InChI is InChI=1S/C25H32N6O2/c1-3-26-25(31-12-11-21(19-31)22-17-29-30(2)18-22)28-16-20-9-10-24(27-15-20)33-14-13-32-23-7-5-4-6-8-23/h4-10,15,17-18,21H,3,11-14,16,19H2,1-2H3,(H,26,28). The van der Waals surface area contributed by atoms with Crippen LogP contribution in [0.3, 0.4) is 0 Å². The molecule has 0 radical (unpaired) electrons. The maximum Gasteiger partial charge on any atom is 0.213 e. The number of ether oxygens (including phenoxy) is 2. The molecule has 0 bridgehead atoms. The zero-order chi connectivity index (χ0) is 22.9. The van der Waals surface area contributed by atoms with Crippen molar-refractivity contribution in [2.24, 2.45) is 12.0 Å². The highest BCUT2D eigenvalue weighted by Crippen LogP contribution is 2.26. The van der Waals surface area contributed by atoms with E-state index < -0.39 is 0 Å². The van der Waals surface area contributed by atoms with Crippen LogP contribution in [0.15, 0.2) is 66.0 Å². The van der Waals surface area contributed by atoms with Gasteiger partial charge in [0.15, 0.2) is 5.96 Å². The van der Waals surface area contributed by atoms with Crippen molar-refractivity contribution in [3.63, 3.8) is 0 Å². The van der Waals surface area contributed by atoms with Crippen molar-refractivity contribution in [1.82, 2.24) is 25.0 Å². The van der Waals surface area contributed by atoms with E-state index in [0.717, 1.165) is 43.3 Å². The lowest BCUT2D eigenvalue weighted by atomic mass is 10.0. The predicted molar refractivity (Wildman–Crippen MR) is 129 cm³/mol. The minimum Gasteiger partial charge on any atom is -0.490 e. The molecule has 3 aromatic rings. The molecule has 0 amide bonds. The van der Waals surface area contributed by atoms with Gasteiger partial charge in [0, 0.05) is 51.1 Å². The minimum atomic E-state index is 0.441. The second-order valence-electron chi connectivity index (χ2n) is 8.06. The van der Waals surface area contributed by atoms with Crippen molar-refractivity contribution >= 4 is 5.96 Å². The van der Waals surface area contributed by atoms with Gasteiger partial charge in [0.05, 0.1) is 12.7 Å². The first-order valence-electron chi connectivity index (χ1n) is 11.5. The third kappa shape index (κ3) is 6.47. The molecule has 2 aromatic heterocycles. The highest BCUT2D eigenvalue weighted by atomic mass is 16.5. The summed E-state index contributed by atoms with van der Waals surface area (Å²) in [7, 11) is 1.96. The van der Waals surface area contributed by atoms with Crippen LogP contribution in [0.1, 0.15) is 30.4 Å². The Morgan fingerprint density at radius 2 is 1.97 bits per heavy atom. The molecule has 33 heavy (non-hydrogen) atoms. The number of aryl methyl sites for hydroxylation is 1. The number of likely N-dealkylation sites (tertiary alicyclic amines) is 1. The monoisotopic (exact) mass is 448 g/mol. The number of guanidine groups is 1. The number of pyridine rings is 1. The van der Waals surface area contributed by atoms with Crippen molar-refractivity contribution in [2.75, 3.05) is 32.8 Å². The highest BCUT2D eigenvalue weighted by molar-refractivity contribution is 5.80. The van der Waals surface area contributed by atoms with Crippen LogP contribution in [0.25, 0.3) is 0 Å². The molecule has 1 atom stereocenters. The lowest BCUT2D eigenvalue weighted by Gasteiger charge is -2.21. The fourth-order valence-electron chi connectivity index (χ4n) is 3.88. The molecule has 1 aliphatic rings. The van der Waals surface area contributed by atoms with Gasteiger partial charge in [-0.3, -0.25) is 4.68 Å². The van der Waals surface area contributed by atoms with Gasteiger partial charge in [0.2, 0.25) is 5.88 Å². The number of nitrogens with zero attached hydrogens (tertiary/aromatic N) is 5. The maximum absolute atomic E-state index is 5.68. The number of aliphatic imine (C=N–C) groups is 1. The second kappa shape index (κ2) is 11.4. The van der Waals surface area contributed by atoms with Crippen molar-refractivity contribution in [2.45, 2.75) is 25.8 Å². The molecule has 1 saturated heterocycles. The largest absolute Gasteiger partial charge is 0.490 e. The Balaban J connectivity index is 1.26. The average Bonchev–Trinajstić information content (AvgIpc) is 3.50. The lowest BCUT2D eigenvalue weighted by molar-refractivity contribution is 0.212. The van der Waals surface area contributed by atoms with Crippen LogP contribution in [-0.2, 0) is 13.6 Å². The number of rotatable bonds is 9. The summed E-state index contributed by atoms with van der Waals surface area (Å²) in [6.07, 6.45) is 7.02. The molecule has 8 nitrogen and oxygen atoms in total. The first-order valence-corrected chi connectivity index (χ1v) is 11.5. The number of aromatic nitrogens is 3. The van der Waals surface area contributed by atoms with Crippen LogP contribution in [-0.4, -0.2) is 58.5 Å². The fourth-order valence-corrected chi connectivity index (χ4v) is 3.88. The van der Waals surface area contributed by atoms with Gasteiger partial charge >= 0.3 is 0 Å². The van der Waals surface area contributed by atoms with Gasteiger partial charge in [-0.15, -0.1) is 0 Å². The summed E-state index contributed by atoms with van der Waals surface area (Å²) in [5.74, 6) is 2.86. The highest BCUT2D eigenvalue weighted by Gasteiger charge is 2.26. The summed E-state index contributed by atoms with van der Waals surface area (Å²) in [6, 6.07) is 13.6.